The lowest BCUT2D eigenvalue weighted by atomic mass is 10.7. The minimum Gasteiger partial charge on any atom is -0.447 e. The number of amides is 1. The Labute approximate surface area is 65.0 Å². The SMILES string of the molecule is CCS(=O)(=O)N1CCOC1=O. The van der Waals surface area contributed by atoms with Crippen LogP contribution in [-0.2, 0) is 14.8 Å². The van der Waals surface area contributed by atoms with E-state index in [-0.39, 0.29) is 18.9 Å². The van der Waals surface area contributed by atoms with Crippen molar-refractivity contribution in [3.05, 3.63) is 0 Å². The van der Waals surface area contributed by atoms with E-state index in [2.05, 4.69) is 4.74 Å². The van der Waals surface area contributed by atoms with Crippen molar-refractivity contribution in [3.63, 3.8) is 0 Å². The Morgan fingerprint density at radius 3 is 2.64 bits per heavy atom. The van der Waals surface area contributed by atoms with Crippen molar-refractivity contribution in [2.75, 3.05) is 18.9 Å². The van der Waals surface area contributed by atoms with Gasteiger partial charge in [-0.05, 0) is 6.92 Å². The number of hydrogen-bond acceptors (Lipinski definition) is 4. The monoisotopic (exact) mass is 179 g/mol. The zero-order chi connectivity index (χ0) is 8.48. The summed E-state index contributed by atoms with van der Waals surface area (Å²) >= 11 is 0. The van der Waals surface area contributed by atoms with Crippen molar-refractivity contribution in [2.45, 2.75) is 6.92 Å². The second-order valence-corrected chi connectivity index (χ2v) is 4.27. The zero-order valence-corrected chi connectivity index (χ0v) is 6.93. The van der Waals surface area contributed by atoms with E-state index in [1.54, 1.807) is 0 Å². The van der Waals surface area contributed by atoms with Crippen LogP contribution in [0.5, 0.6) is 0 Å². The second kappa shape index (κ2) is 2.69. The minimum atomic E-state index is -3.39. The molecule has 0 atom stereocenters. The summed E-state index contributed by atoms with van der Waals surface area (Å²) in [4.78, 5) is 10.7. The van der Waals surface area contributed by atoms with E-state index in [9.17, 15) is 13.2 Å². The van der Waals surface area contributed by atoms with E-state index >= 15 is 0 Å². The molecule has 0 aromatic carbocycles. The molecule has 0 N–H and O–H groups in total. The van der Waals surface area contributed by atoms with Gasteiger partial charge in [0.2, 0.25) is 10.0 Å². The van der Waals surface area contributed by atoms with E-state index < -0.39 is 16.1 Å². The molecule has 0 aliphatic carbocycles. The zero-order valence-electron chi connectivity index (χ0n) is 6.11. The number of carbonyl (C=O) groups is 1. The molecule has 6 heteroatoms. The maximum absolute atomic E-state index is 11.0. The molecule has 11 heavy (non-hydrogen) atoms. The Bertz CT molecular complexity index is 258. The van der Waals surface area contributed by atoms with Crippen LogP contribution < -0.4 is 0 Å². The van der Waals surface area contributed by atoms with Gasteiger partial charge in [0.05, 0.1) is 12.3 Å². The number of hydrogen-bond donors (Lipinski definition) is 0. The topological polar surface area (TPSA) is 63.7 Å². The van der Waals surface area contributed by atoms with Gasteiger partial charge in [0.1, 0.15) is 6.61 Å². The highest BCUT2D eigenvalue weighted by Gasteiger charge is 2.31. The first-order chi connectivity index (χ1) is 5.08. The highest BCUT2D eigenvalue weighted by molar-refractivity contribution is 7.89. The van der Waals surface area contributed by atoms with Gasteiger partial charge in [-0.25, -0.2) is 17.5 Å². The molecular weight excluding hydrogens is 170 g/mol. The Kier molecular flexibility index (Phi) is 2.03. The van der Waals surface area contributed by atoms with Gasteiger partial charge in [0.15, 0.2) is 0 Å². The molecule has 5 nitrogen and oxygen atoms in total. The summed E-state index contributed by atoms with van der Waals surface area (Å²) in [6.45, 7) is 1.80. The van der Waals surface area contributed by atoms with Crippen molar-refractivity contribution in [3.8, 4) is 0 Å². The van der Waals surface area contributed by atoms with E-state index in [4.69, 9.17) is 0 Å². The first-order valence-corrected chi connectivity index (χ1v) is 4.86. The van der Waals surface area contributed by atoms with Gasteiger partial charge in [0.25, 0.3) is 0 Å². The van der Waals surface area contributed by atoms with Gasteiger partial charge in [-0.2, -0.15) is 0 Å². The van der Waals surface area contributed by atoms with Crippen LogP contribution in [0.4, 0.5) is 4.79 Å². The number of carbonyl (C=O) groups excluding carboxylic acids is 1. The van der Waals surface area contributed by atoms with Crippen molar-refractivity contribution in [2.24, 2.45) is 0 Å². The molecule has 0 radical (unpaired) electrons. The molecule has 0 bridgehead atoms. The first-order valence-electron chi connectivity index (χ1n) is 3.25. The minimum absolute atomic E-state index is 0.0674. The molecule has 1 heterocycles. The lowest BCUT2D eigenvalue weighted by molar-refractivity contribution is 0.170. The average Bonchev–Trinajstić information content (AvgIpc) is 2.36. The summed E-state index contributed by atoms with van der Waals surface area (Å²) in [7, 11) is -3.39. The molecule has 0 aromatic heterocycles. The Balaban J connectivity index is 2.83. The van der Waals surface area contributed by atoms with Crippen molar-refractivity contribution in [1.82, 2.24) is 4.31 Å². The van der Waals surface area contributed by atoms with Crippen molar-refractivity contribution in [1.29, 1.82) is 0 Å². The highest BCUT2D eigenvalue weighted by Crippen LogP contribution is 2.09. The second-order valence-electron chi connectivity index (χ2n) is 2.09. The summed E-state index contributed by atoms with van der Waals surface area (Å²) in [6, 6.07) is 0. The molecule has 1 amide bonds. The van der Waals surface area contributed by atoms with Gasteiger partial charge in [-0.3, -0.25) is 0 Å². The molecule has 0 saturated carbocycles. The third-order valence-corrected chi connectivity index (χ3v) is 3.16. The Morgan fingerprint density at radius 2 is 2.27 bits per heavy atom. The maximum Gasteiger partial charge on any atom is 0.423 e. The molecule has 1 fully saturated rings. The lowest BCUT2D eigenvalue weighted by Crippen LogP contribution is -2.32. The number of nitrogens with zero attached hydrogens (tertiary/aromatic N) is 1. The number of cyclic esters (lactones) is 1. The van der Waals surface area contributed by atoms with Gasteiger partial charge in [-0.15, -0.1) is 0 Å². The number of ether oxygens (including phenoxy) is 1. The molecule has 64 valence electrons. The normalized spacial score (nSPS) is 18.6. The van der Waals surface area contributed by atoms with Crippen molar-refractivity contribution >= 4 is 16.1 Å². The first kappa shape index (κ1) is 8.32. The van der Waals surface area contributed by atoms with Crippen LogP contribution in [0.25, 0.3) is 0 Å². The summed E-state index contributed by atoms with van der Waals surface area (Å²) < 4.78 is 27.3. The van der Waals surface area contributed by atoms with Crippen LogP contribution in [0.15, 0.2) is 0 Å². The quantitative estimate of drug-likeness (QED) is 0.588. The molecule has 1 aliphatic heterocycles. The fourth-order valence-electron chi connectivity index (χ4n) is 0.788. The third-order valence-electron chi connectivity index (χ3n) is 1.42. The van der Waals surface area contributed by atoms with E-state index in [1.165, 1.54) is 6.92 Å². The summed E-state index contributed by atoms with van der Waals surface area (Å²) in [6.07, 6.45) is -0.758. The fourth-order valence-corrected chi connectivity index (χ4v) is 1.73. The van der Waals surface area contributed by atoms with Crippen LogP contribution in [0.1, 0.15) is 6.92 Å². The molecular formula is C5H9NO4S. The van der Waals surface area contributed by atoms with Gasteiger partial charge < -0.3 is 4.74 Å². The van der Waals surface area contributed by atoms with E-state index in [0.717, 1.165) is 4.31 Å². The molecule has 1 rings (SSSR count). The van der Waals surface area contributed by atoms with Crippen LogP contribution >= 0.6 is 0 Å². The molecule has 0 aromatic rings. The molecule has 1 aliphatic rings. The van der Waals surface area contributed by atoms with Crippen molar-refractivity contribution < 1.29 is 17.9 Å². The summed E-state index contributed by atoms with van der Waals surface area (Å²) in [5, 5.41) is 0. The lowest BCUT2D eigenvalue weighted by Gasteiger charge is -2.10. The average molecular weight is 179 g/mol. The van der Waals surface area contributed by atoms with Crippen LogP contribution in [0, 0.1) is 0 Å². The predicted molar refractivity (Wildman–Crippen MR) is 37.5 cm³/mol. The van der Waals surface area contributed by atoms with Crippen LogP contribution in [0.3, 0.4) is 0 Å². The maximum atomic E-state index is 11.0. The number of sulfonamides is 1. The summed E-state index contributed by atoms with van der Waals surface area (Å²) in [5.41, 5.74) is 0. The van der Waals surface area contributed by atoms with E-state index in [1.807, 2.05) is 0 Å². The Hall–Kier alpha value is -0.780. The predicted octanol–water partition coefficient (Wildman–Crippen LogP) is -0.212. The van der Waals surface area contributed by atoms with Gasteiger partial charge in [0, 0.05) is 0 Å². The smallest absolute Gasteiger partial charge is 0.423 e. The van der Waals surface area contributed by atoms with Crippen LogP contribution in [-0.4, -0.2) is 37.7 Å². The standard InChI is InChI=1S/C5H9NO4S/c1-2-11(8,9)6-3-4-10-5(6)7/h2-4H2,1H3. The number of rotatable bonds is 2. The molecule has 0 spiro atoms. The van der Waals surface area contributed by atoms with Gasteiger partial charge >= 0.3 is 6.09 Å². The summed E-state index contributed by atoms with van der Waals surface area (Å²) in [5.74, 6) is -0.0674. The van der Waals surface area contributed by atoms with Gasteiger partial charge in [-0.1, -0.05) is 0 Å². The van der Waals surface area contributed by atoms with E-state index in [0.29, 0.717) is 0 Å². The molecule has 0 unspecified atom stereocenters. The molecule has 1 saturated heterocycles. The van der Waals surface area contributed by atoms with Crippen LogP contribution in [0.2, 0.25) is 0 Å². The fraction of sp³-hybridized carbons (Fsp3) is 0.800. The Morgan fingerprint density at radius 1 is 1.64 bits per heavy atom. The largest absolute Gasteiger partial charge is 0.447 e. The highest BCUT2D eigenvalue weighted by atomic mass is 32.2. The third kappa shape index (κ3) is 1.45.